The third kappa shape index (κ3) is 3.90. The van der Waals surface area contributed by atoms with Crippen molar-refractivity contribution in [2.24, 2.45) is 5.92 Å². The van der Waals surface area contributed by atoms with E-state index in [0.29, 0.717) is 29.2 Å². The van der Waals surface area contributed by atoms with Gasteiger partial charge in [0.2, 0.25) is 0 Å². The number of likely N-dealkylation sites (tertiary alicyclic amines) is 1. The molecular formula is C24H27NO5. The van der Waals surface area contributed by atoms with Crippen LogP contribution in [0.3, 0.4) is 0 Å². The summed E-state index contributed by atoms with van der Waals surface area (Å²) in [6, 6.07) is 11.7. The molecule has 1 saturated heterocycles. The van der Waals surface area contributed by atoms with E-state index in [0.717, 1.165) is 5.56 Å². The van der Waals surface area contributed by atoms with Gasteiger partial charge in [0.1, 0.15) is 5.76 Å². The maximum absolute atomic E-state index is 13.0. The Bertz CT molecular complexity index is 991. The largest absolute Gasteiger partial charge is 0.507 e. The second-order valence-corrected chi connectivity index (χ2v) is 7.83. The number of ketones is 1. The first kappa shape index (κ1) is 21.4. The minimum Gasteiger partial charge on any atom is -0.507 e. The summed E-state index contributed by atoms with van der Waals surface area (Å²) in [5, 5.41) is 11.0. The number of aliphatic hydroxyl groups is 1. The Labute approximate surface area is 176 Å². The number of rotatable bonds is 6. The van der Waals surface area contributed by atoms with Crippen LogP contribution in [-0.2, 0) is 9.59 Å². The predicted octanol–water partition coefficient (Wildman–Crippen LogP) is 4.09. The van der Waals surface area contributed by atoms with Gasteiger partial charge in [0.25, 0.3) is 11.7 Å². The average molecular weight is 409 g/mol. The molecule has 1 unspecified atom stereocenters. The molecule has 1 aliphatic rings. The Kier molecular flexibility index (Phi) is 6.15. The molecule has 1 aliphatic heterocycles. The Balaban J connectivity index is 2.21. The number of carbonyl (C=O) groups is 2. The van der Waals surface area contributed by atoms with E-state index in [4.69, 9.17) is 9.47 Å². The smallest absolute Gasteiger partial charge is 0.295 e. The number of benzene rings is 2. The highest BCUT2D eigenvalue weighted by Crippen LogP contribution is 2.42. The normalized spacial score (nSPS) is 18.2. The molecule has 3 rings (SSSR count). The SMILES string of the molecule is COc1ccc(C2C(=C(O)c3ccc(C)cc3)C(=O)C(=O)N2CC(C)C)cc1OC. The second-order valence-electron chi connectivity index (χ2n) is 7.83. The fourth-order valence-electron chi connectivity index (χ4n) is 3.70. The topological polar surface area (TPSA) is 76.1 Å². The first-order valence-corrected chi connectivity index (χ1v) is 9.85. The number of ether oxygens (including phenoxy) is 2. The molecule has 1 fully saturated rings. The van der Waals surface area contributed by atoms with Gasteiger partial charge in [0.15, 0.2) is 11.5 Å². The van der Waals surface area contributed by atoms with Crippen LogP contribution in [0, 0.1) is 12.8 Å². The van der Waals surface area contributed by atoms with Crippen molar-refractivity contribution in [3.05, 3.63) is 64.7 Å². The summed E-state index contributed by atoms with van der Waals surface area (Å²) < 4.78 is 10.7. The maximum atomic E-state index is 13.0. The van der Waals surface area contributed by atoms with Crippen LogP contribution in [0.2, 0.25) is 0 Å². The third-order valence-corrected chi connectivity index (χ3v) is 5.15. The molecule has 0 spiro atoms. The highest BCUT2D eigenvalue weighted by molar-refractivity contribution is 6.46. The molecule has 0 saturated carbocycles. The van der Waals surface area contributed by atoms with E-state index >= 15 is 0 Å². The number of aryl methyl sites for hydroxylation is 1. The van der Waals surface area contributed by atoms with Crippen molar-refractivity contribution in [2.75, 3.05) is 20.8 Å². The molecule has 158 valence electrons. The van der Waals surface area contributed by atoms with E-state index < -0.39 is 17.7 Å². The summed E-state index contributed by atoms with van der Waals surface area (Å²) >= 11 is 0. The van der Waals surface area contributed by atoms with E-state index in [-0.39, 0.29) is 17.3 Å². The van der Waals surface area contributed by atoms with Gasteiger partial charge < -0.3 is 19.5 Å². The minimum absolute atomic E-state index is 0.0803. The van der Waals surface area contributed by atoms with Gasteiger partial charge in [0.05, 0.1) is 25.8 Å². The number of hydrogen-bond donors (Lipinski definition) is 1. The van der Waals surface area contributed by atoms with Crippen molar-refractivity contribution in [3.8, 4) is 11.5 Å². The van der Waals surface area contributed by atoms with Gasteiger partial charge in [-0.3, -0.25) is 9.59 Å². The van der Waals surface area contributed by atoms with Gasteiger partial charge in [-0.2, -0.15) is 0 Å². The highest BCUT2D eigenvalue weighted by atomic mass is 16.5. The van der Waals surface area contributed by atoms with Crippen LogP contribution in [0.15, 0.2) is 48.0 Å². The molecule has 1 amide bonds. The molecule has 0 aromatic heterocycles. The molecule has 1 heterocycles. The van der Waals surface area contributed by atoms with Gasteiger partial charge in [-0.05, 0) is 30.5 Å². The van der Waals surface area contributed by atoms with E-state index in [1.54, 1.807) is 37.4 Å². The Morgan fingerprint density at radius 2 is 1.67 bits per heavy atom. The number of Topliss-reactive ketones (excluding diaryl/α,β-unsaturated/α-hetero) is 1. The standard InChI is InChI=1S/C24H27NO5/c1-14(2)13-25-21(17-10-11-18(29-4)19(12-17)30-5)20(23(27)24(25)28)22(26)16-8-6-15(3)7-9-16/h6-12,14,21,26H,13H2,1-5H3. The lowest BCUT2D eigenvalue weighted by Gasteiger charge is -2.27. The summed E-state index contributed by atoms with van der Waals surface area (Å²) in [6.45, 7) is 6.28. The van der Waals surface area contributed by atoms with Crippen LogP contribution in [0.1, 0.15) is 36.6 Å². The number of hydrogen-bond acceptors (Lipinski definition) is 5. The molecule has 2 aromatic rings. The summed E-state index contributed by atoms with van der Waals surface area (Å²) in [4.78, 5) is 27.4. The molecule has 0 bridgehead atoms. The van der Waals surface area contributed by atoms with Crippen LogP contribution < -0.4 is 9.47 Å². The fraction of sp³-hybridized carbons (Fsp3) is 0.333. The summed E-state index contributed by atoms with van der Waals surface area (Å²) in [5.74, 6) is -0.309. The van der Waals surface area contributed by atoms with Gasteiger partial charge in [0, 0.05) is 12.1 Å². The van der Waals surface area contributed by atoms with Gasteiger partial charge in [-0.15, -0.1) is 0 Å². The van der Waals surface area contributed by atoms with Crippen LogP contribution in [0.25, 0.3) is 5.76 Å². The van der Waals surface area contributed by atoms with Gasteiger partial charge in [-0.1, -0.05) is 49.7 Å². The lowest BCUT2D eigenvalue weighted by Crippen LogP contribution is -2.33. The molecule has 30 heavy (non-hydrogen) atoms. The quantitative estimate of drug-likeness (QED) is 0.442. The Hall–Kier alpha value is -3.28. The van der Waals surface area contributed by atoms with Crippen LogP contribution in [0.5, 0.6) is 11.5 Å². The Morgan fingerprint density at radius 1 is 1.03 bits per heavy atom. The summed E-state index contributed by atoms with van der Waals surface area (Å²) in [6.07, 6.45) is 0. The van der Waals surface area contributed by atoms with Gasteiger partial charge >= 0.3 is 0 Å². The van der Waals surface area contributed by atoms with Gasteiger partial charge in [-0.25, -0.2) is 0 Å². The van der Waals surface area contributed by atoms with E-state index in [9.17, 15) is 14.7 Å². The number of methoxy groups -OCH3 is 2. The fourth-order valence-corrected chi connectivity index (χ4v) is 3.70. The van der Waals surface area contributed by atoms with Crippen molar-refractivity contribution in [2.45, 2.75) is 26.8 Å². The van der Waals surface area contributed by atoms with Crippen molar-refractivity contribution in [1.82, 2.24) is 4.90 Å². The van der Waals surface area contributed by atoms with E-state index in [2.05, 4.69) is 0 Å². The highest BCUT2D eigenvalue weighted by Gasteiger charge is 2.46. The second kappa shape index (κ2) is 8.61. The summed E-state index contributed by atoms with van der Waals surface area (Å²) in [5.41, 5.74) is 2.27. The minimum atomic E-state index is -0.714. The monoisotopic (exact) mass is 409 g/mol. The lowest BCUT2D eigenvalue weighted by molar-refractivity contribution is -0.140. The summed E-state index contributed by atoms with van der Waals surface area (Å²) in [7, 11) is 3.07. The maximum Gasteiger partial charge on any atom is 0.295 e. The Morgan fingerprint density at radius 3 is 2.23 bits per heavy atom. The van der Waals surface area contributed by atoms with E-state index in [1.807, 2.05) is 32.9 Å². The zero-order valence-electron chi connectivity index (χ0n) is 17.9. The van der Waals surface area contributed by atoms with Crippen LogP contribution in [-0.4, -0.2) is 42.5 Å². The average Bonchev–Trinajstić information content (AvgIpc) is 2.97. The molecule has 2 aromatic carbocycles. The number of amides is 1. The van der Waals surface area contributed by atoms with Crippen molar-refractivity contribution in [3.63, 3.8) is 0 Å². The van der Waals surface area contributed by atoms with Crippen LogP contribution in [0.4, 0.5) is 0 Å². The number of nitrogens with zero attached hydrogens (tertiary/aromatic N) is 1. The third-order valence-electron chi connectivity index (χ3n) is 5.15. The van der Waals surface area contributed by atoms with Crippen molar-refractivity contribution < 1.29 is 24.2 Å². The molecular weight excluding hydrogens is 382 g/mol. The molecule has 6 heteroatoms. The lowest BCUT2D eigenvalue weighted by atomic mass is 9.94. The zero-order chi connectivity index (χ0) is 22.0. The molecule has 1 N–H and O–H groups in total. The molecule has 0 radical (unpaired) electrons. The van der Waals surface area contributed by atoms with Crippen molar-refractivity contribution in [1.29, 1.82) is 0 Å². The molecule has 1 atom stereocenters. The van der Waals surface area contributed by atoms with Crippen molar-refractivity contribution >= 4 is 17.4 Å². The first-order valence-electron chi connectivity index (χ1n) is 9.85. The van der Waals surface area contributed by atoms with E-state index in [1.165, 1.54) is 12.0 Å². The number of carbonyl (C=O) groups excluding carboxylic acids is 2. The first-order chi connectivity index (χ1) is 14.3. The van der Waals surface area contributed by atoms with Crippen LogP contribution >= 0.6 is 0 Å². The number of aliphatic hydroxyl groups excluding tert-OH is 1. The molecule has 6 nitrogen and oxygen atoms in total. The molecule has 0 aliphatic carbocycles. The predicted molar refractivity (Wildman–Crippen MR) is 115 cm³/mol. The zero-order valence-corrected chi connectivity index (χ0v) is 17.9.